The standard InChI is InChI=1S/C11H23N3O2.HI/c1-4-14(5-2)10(12)13-7-6-11(3)15-8-9-16-11;/h4-9H2,1-3H3,(H2,12,13);1H. The molecule has 1 saturated heterocycles. The van der Waals surface area contributed by atoms with E-state index in [0.717, 1.165) is 19.5 Å². The normalized spacial score (nSPS) is 18.9. The van der Waals surface area contributed by atoms with Crippen LogP contribution in [0.25, 0.3) is 0 Å². The number of halogens is 1. The van der Waals surface area contributed by atoms with E-state index in [1.165, 1.54) is 0 Å². The molecule has 2 N–H and O–H groups in total. The Morgan fingerprint density at radius 3 is 2.29 bits per heavy atom. The Kier molecular flexibility index (Phi) is 8.06. The van der Waals surface area contributed by atoms with Crippen LogP contribution in [0.15, 0.2) is 4.99 Å². The van der Waals surface area contributed by atoms with Gasteiger partial charge in [0.05, 0.1) is 13.2 Å². The van der Waals surface area contributed by atoms with Crippen LogP contribution in [-0.4, -0.2) is 49.5 Å². The van der Waals surface area contributed by atoms with Crippen LogP contribution in [0, 0.1) is 0 Å². The monoisotopic (exact) mass is 357 g/mol. The van der Waals surface area contributed by atoms with Gasteiger partial charge in [-0.1, -0.05) is 0 Å². The molecule has 0 radical (unpaired) electrons. The number of ether oxygens (including phenoxy) is 2. The zero-order chi connectivity index (χ0) is 12.0. The van der Waals surface area contributed by atoms with E-state index in [1.807, 2.05) is 11.8 Å². The summed E-state index contributed by atoms with van der Waals surface area (Å²) < 4.78 is 11.0. The third-order valence-corrected chi connectivity index (χ3v) is 2.83. The summed E-state index contributed by atoms with van der Waals surface area (Å²) in [6.45, 7) is 9.83. The first-order valence-electron chi connectivity index (χ1n) is 5.94. The van der Waals surface area contributed by atoms with Gasteiger partial charge in [-0.25, -0.2) is 0 Å². The summed E-state index contributed by atoms with van der Waals surface area (Å²) in [5, 5.41) is 0. The molecule has 102 valence electrons. The van der Waals surface area contributed by atoms with Crippen molar-refractivity contribution in [2.45, 2.75) is 33.0 Å². The smallest absolute Gasteiger partial charge is 0.191 e. The van der Waals surface area contributed by atoms with Crippen LogP contribution in [0.3, 0.4) is 0 Å². The van der Waals surface area contributed by atoms with Crippen molar-refractivity contribution in [2.75, 3.05) is 32.8 Å². The predicted molar refractivity (Wildman–Crippen MR) is 79.8 cm³/mol. The van der Waals surface area contributed by atoms with Crippen LogP contribution in [-0.2, 0) is 9.47 Å². The average molecular weight is 357 g/mol. The highest BCUT2D eigenvalue weighted by Crippen LogP contribution is 2.22. The Labute approximate surface area is 121 Å². The van der Waals surface area contributed by atoms with Crippen molar-refractivity contribution < 1.29 is 9.47 Å². The van der Waals surface area contributed by atoms with Gasteiger partial charge in [-0.15, -0.1) is 24.0 Å². The fourth-order valence-electron chi connectivity index (χ4n) is 1.72. The van der Waals surface area contributed by atoms with E-state index in [4.69, 9.17) is 15.2 Å². The molecule has 5 nitrogen and oxygen atoms in total. The number of aliphatic imine (C=N–C) groups is 1. The second-order valence-corrected chi connectivity index (χ2v) is 3.99. The summed E-state index contributed by atoms with van der Waals surface area (Å²) >= 11 is 0. The van der Waals surface area contributed by atoms with E-state index in [9.17, 15) is 0 Å². The van der Waals surface area contributed by atoms with Crippen molar-refractivity contribution in [2.24, 2.45) is 10.7 Å². The van der Waals surface area contributed by atoms with Gasteiger partial charge in [0.2, 0.25) is 0 Å². The van der Waals surface area contributed by atoms with Crippen LogP contribution in [0.4, 0.5) is 0 Å². The third-order valence-electron chi connectivity index (χ3n) is 2.83. The minimum Gasteiger partial charge on any atom is -0.370 e. The molecule has 0 atom stereocenters. The van der Waals surface area contributed by atoms with Gasteiger partial charge in [0.15, 0.2) is 11.7 Å². The SMILES string of the molecule is CCN(CC)C(N)=NCCC1(C)OCCO1.I. The molecule has 1 fully saturated rings. The molecule has 1 rings (SSSR count). The highest BCUT2D eigenvalue weighted by Gasteiger charge is 2.30. The van der Waals surface area contributed by atoms with Gasteiger partial charge in [0.1, 0.15) is 0 Å². The summed E-state index contributed by atoms with van der Waals surface area (Å²) in [5.74, 6) is 0.138. The molecule has 1 aliphatic heterocycles. The van der Waals surface area contributed by atoms with Gasteiger partial charge >= 0.3 is 0 Å². The first-order chi connectivity index (χ1) is 7.61. The zero-order valence-electron chi connectivity index (χ0n) is 10.9. The van der Waals surface area contributed by atoms with E-state index in [-0.39, 0.29) is 24.0 Å². The summed E-state index contributed by atoms with van der Waals surface area (Å²) in [4.78, 5) is 6.36. The van der Waals surface area contributed by atoms with Crippen LogP contribution >= 0.6 is 24.0 Å². The summed E-state index contributed by atoms with van der Waals surface area (Å²) in [7, 11) is 0. The Hall–Kier alpha value is -0.0800. The summed E-state index contributed by atoms with van der Waals surface area (Å²) in [5.41, 5.74) is 5.86. The number of nitrogens with two attached hydrogens (primary N) is 1. The van der Waals surface area contributed by atoms with Crippen molar-refractivity contribution >= 4 is 29.9 Å². The Morgan fingerprint density at radius 2 is 1.82 bits per heavy atom. The van der Waals surface area contributed by atoms with Crippen molar-refractivity contribution in [3.8, 4) is 0 Å². The topological polar surface area (TPSA) is 60.1 Å². The predicted octanol–water partition coefficient (Wildman–Crippen LogP) is 1.41. The number of hydrogen-bond donors (Lipinski definition) is 1. The molecule has 1 heterocycles. The molecule has 1 aliphatic rings. The maximum atomic E-state index is 5.86. The molecule has 17 heavy (non-hydrogen) atoms. The van der Waals surface area contributed by atoms with Crippen molar-refractivity contribution in [3.63, 3.8) is 0 Å². The van der Waals surface area contributed by atoms with Gasteiger partial charge in [-0.3, -0.25) is 4.99 Å². The highest BCUT2D eigenvalue weighted by molar-refractivity contribution is 14.0. The average Bonchev–Trinajstić information content (AvgIpc) is 2.67. The molecular weight excluding hydrogens is 333 g/mol. The lowest BCUT2D eigenvalue weighted by molar-refractivity contribution is -0.144. The van der Waals surface area contributed by atoms with Crippen molar-refractivity contribution in [1.29, 1.82) is 0 Å². The van der Waals surface area contributed by atoms with E-state index >= 15 is 0 Å². The Morgan fingerprint density at radius 1 is 1.29 bits per heavy atom. The molecular formula is C11H24IN3O2. The maximum absolute atomic E-state index is 5.86. The second-order valence-electron chi connectivity index (χ2n) is 3.99. The van der Waals surface area contributed by atoms with E-state index in [0.29, 0.717) is 25.7 Å². The quantitative estimate of drug-likeness (QED) is 0.459. The van der Waals surface area contributed by atoms with E-state index in [2.05, 4.69) is 18.8 Å². The third kappa shape index (κ3) is 5.39. The van der Waals surface area contributed by atoms with Crippen molar-refractivity contribution in [3.05, 3.63) is 0 Å². The molecule has 0 amide bonds. The Balaban J connectivity index is 0.00000256. The second kappa shape index (κ2) is 8.10. The van der Waals surface area contributed by atoms with E-state index in [1.54, 1.807) is 0 Å². The van der Waals surface area contributed by atoms with Crippen LogP contribution in [0.2, 0.25) is 0 Å². The highest BCUT2D eigenvalue weighted by atomic mass is 127. The van der Waals surface area contributed by atoms with Crippen LogP contribution in [0.5, 0.6) is 0 Å². The van der Waals surface area contributed by atoms with Gasteiger partial charge in [0.25, 0.3) is 0 Å². The first-order valence-corrected chi connectivity index (χ1v) is 5.94. The number of hydrogen-bond acceptors (Lipinski definition) is 3. The molecule has 0 aromatic carbocycles. The van der Waals surface area contributed by atoms with E-state index < -0.39 is 5.79 Å². The molecule has 0 aromatic rings. The van der Waals surface area contributed by atoms with Crippen LogP contribution < -0.4 is 5.73 Å². The molecule has 0 bridgehead atoms. The molecule has 6 heteroatoms. The largest absolute Gasteiger partial charge is 0.370 e. The van der Waals surface area contributed by atoms with Crippen molar-refractivity contribution in [1.82, 2.24) is 4.90 Å². The molecule has 0 saturated carbocycles. The minimum absolute atomic E-state index is 0. The van der Waals surface area contributed by atoms with Gasteiger partial charge in [0, 0.05) is 26.1 Å². The van der Waals surface area contributed by atoms with Gasteiger partial charge in [-0.05, 0) is 20.8 Å². The fourth-order valence-corrected chi connectivity index (χ4v) is 1.72. The first kappa shape index (κ1) is 16.9. The Bertz CT molecular complexity index is 239. The lowest BCUT2D eigenvalue weighted by atomic mass is 10.2. The molecule has 0 unspecified atom stereocenters. The van der Waals surface area contributed by atoms with Crippen LogP contribution in [0.1, 0.15) is 27.2 Å². The number of nitrogens with zero attached hydrogens (tertiary/aromatic N) is 2. The number of rotatable bonds is 5. The fraction of sp³-hybridized carbons (Fsp3) is 0.909. The number of guanidine groups is 1. The summed E-state index contributed by atoms with van der Waals surface area (Å²) in [6.07, 6.45) is 0.745. The van der Waals surface area contributed by atoms with Gasteiger partial charge < -0.3 is 20.1 Å². The minimum atomic E-state index is -0.465. The molecule has 0 aliphatic carbocycles. The molecule has 0 aromatic heterocycles. The van der Waals surface area contributed by atoms with Gasteiger partial charge in [-0.2, -0.15) is 0 Å². The summed E-state index contributed by atoms with van der Waals surface area (Å²) in [6, 6.07) is 0. The lowest BCUT2D eigenvalue weighted by Gasteiger charge is -2.22. The lowest BCUT2D eigenvalue weighted by Crippen LogP contribution is -2.37. The molecule has 0 spiro atoms. The maximum Gasteiger partial charge on any atom is 0.191 e. The zero-order valence-corrected chi connectivity index (χ0v) is 13.3.